The van der Waals surface area contributed by atoms with Crippen molar-refractivity contribution in [3.8, 4) is 0 Å². The molecule has 0 aliphatic heterocycles. The van der Waals surface area contributed by atoms with Crippen LogP contribution in [0.4, 0.5) is 5.69 Å². The zero-order chi connectivity index (χ0) is 18.5. The fourth-order valence-electron chi connectivity index (χ4n) is 2.33. The minimum atomic E-state index is -1.05. The van der Waals surface area contributed by atoms with Crippen LogP contribution in [-0.4, -0.2) is 36.5 Å². The lowest BCUT2D eigenvalue weighted by atomic mass is 10.2. The summed E-state index contributed by atoms with van der Waals surface area (Å²) in [5.41, 5.74) is 1.73. The second-order valence-electron chi connectivity index (χ2n) is 5.65. The molecule has 0 fully saturated rings. The zero-order valence-corrected chi connectivity index (χ0v) is 14.4. The maximum Gasteiger partial charge on any atom is 0.338 e. The van der Waals surface area contributed by atoms with Gasteiger partial charge >= 0.3 is 5.97 Å². The molecule has 0 aliphatic rings. The van der Waals surface area contributed by atoms with Crippen molar-refractivity contribution in [1.29, 1.82) is 0 Å². The number of nitrogens with one attached hydrogen (secondary N) is 1. The molecule has 134 valence electrons. The predicted molar refractivity (Wildman–Crippen MR) is 95.2 cm³/mol. The molecule has 1 aromatic carbocycles. The van der Waals surface area contributed by atoms with Gasteiger partial charge in [0.15, 0.2) is 0 Å². The molecular formula is C17H16ClN5O3. The van der Waals surface area contributed by atoms with Gasteiger partial charge in [0.05, 0.1) is 30.2 Å². The molecule has 26 heavy (non-hydrogen) atoms. The van der Waals surface area contributed by atoms with Crippen LogP contribution in [0.5, 0.6) is 0 Å². The number of hydrogen-bond acceptors (Lipinski definition) is 4. The van der Waals surface area contributed by atoms with Crippen molar-refractivity contribution in [1.82, 2.24) is 19.6 Å². The Labute approximate surface area is 154 Å². The maximum atomic E-state index is 12.0. The van der Waals surface area contributed by atoms with Crippen molar-refractivity contribution in [3.63, 3.8) is 0 Å². The molecule has 0 spiro atoms. The van der Waals surface area contributed by atoms with Crippen LogP contribution in [0.25, 0.3) is 0 Å². The number of aromatic carboxylic acids is 1. The molecule has 2 N–H and O–H groups in total. The highest BCUT2D eigenvalue weighted by atomic mass is 35.5. The molecular weight excluding hydrogens is 358 g/mol. The summed E-state index contributed by atoms with van der Waals surface area (Å²) in [6, 6.07) is 7.46. The van der Waals surface area contributed by atoms with E-state index in [1.165, 1.54) is 17.1 Å². The lowest BCUT2D eigenvalue weighted by Gasteiger charge is -2.03. The molecule has 9 heteroatoms. The van der Waals surface area contributed by atoms with E-state index in [0.29, 0.717) is 17.3 Å². The third-order valence-electron chi connectivity index (χ3n) is 3.62. The van der Waals surface area contributed by atoms with Crippen LogP contribution in [0.2, 0.25) is 5.02 Å². The average molecular weight is 374 g/mol. The summed E-state index contributed by atoms with van der Waals surface area (Å²) in [6.07, 6.45) is 6.12. The van der Waals surface area contributed by atoms with Crippen molar-refractivity contribution < 1.29 is 14.7 Å². The Morgan fingerprint density at radius 1 is 1.08 bits per heavy atom. The quantitative estimate of drug-likeness (QED) is 0.662. The smallest absolute Gasteiger partial charge is 0.338 e. The molecule has 2 heterocycles. The molecule has 0 radical (unpaired) electrons. The van der Waals surface area contributed by atoms with Crippen LogP contribution in [0.15, 0.2) is 49.1 Å². The van der Waals surface area contributed by atoms with Gasteiger partial charge in [-0.25, -0.2) is 4.79 Å². The lowest BCUT2D eigenvalue weighted by Crippen LogP contribution is -2.14. The van der Waals surface area contributed by atoms with E-state index in [0.717, 1.165) is 5.56 Å². The standard InChI is InChI=1S/C17H16ClN5O3/c18-14-3-1-12(2-4-14)9-23-11-15(8-20-23)21-16(24)5-6-22-10-13(7-19-22)17(25)26/h1-4,7-8,10-11H,5-6,9H2,(H,21,24)(H,25,26). The highest BCUT2D eigenvalue weighted by Gasteiger charge is 2.09. The summed E-state index contributed by atoms with van der Waals surface area (Å²) in [5, 5.41) is 20.4. The number of hydrogen-bond donors (Lipinski definition) is 2. The fourth-order valence-corrected chi connectivity index (χ4v) is 2.45. The van der Waals surface area contributed by atoms with E-state index in [1.54, 1.807) is 17.1 Å². The summed E-state index contributed by atoms with van der Waals surface area (Å²) >= 11 is 5.86. The first kappa shape index (κ1) is 17.7. The van der Waals surface area contributed by atoms with Crippen molar-refractivity contribution in [2.75, 3.05) is 5.32 Å². The molecule has 8 nitrogen and oxygen atoms in total. The normalized spacial score (nSPS) is 10.7. The van der Waals surface area contributed by atoms with Crippen LogP contribution < -0.4 is 5.32 Å². The number of carbonyl (C=O) groups excluding carboxylic acids is 1. The molecule has 0 aliphatic carbocycles. The monoisotopic (exact) mass is 373 g/mol. The van der Waals surface area contributed by atoms with Crippen LogP contribution in [-0.2, 0) is 17.9 Å². The number of aromatic nitrogens is 4. The molecule has 2 aromatic heterocycles. The Bertz CT molecular complexity index is 917. The number of aryl methyl sites for hydroxylation is 1. The van der Waals surface area contributed by atoms with Gasteiger partial charge < -0.3 is 10.4 Å². The van der Waals surface area contributed by atoms with Crippen LogP contribution >= 0.6 is 11.6 Å². The number of rotatable bonds is 7. The van der Waals surface area contributed by atoms with Gasteiger partial charge in [0.2, 0.25) is 5.91 Å². The second-order valence-corrected chi connectivity index (χ2v) is 6.08. The van der Waals surface area contributed by atoms with E-state index >= 15 is 0 Å². The van der Waals surface area contributed by atoms with E-state index in [4.69, 9.17) is 16.7 Å². The first-order valence-electron chi connectivity index (χ1n) is 7.82. The minimum absolute atomic E-state index is 0.0916. The number of nitrogens with zero attached hydrogens (tertiary/aromatic N) is 4. The van der Waals surface area contributed by atoms with E-state index in [1.807, 2.05) is 24.3 Å². The van der Waals surface area contributed by atoms with E-state index < -0.39 is 5.97 Å². The first-order valence-corrected chi connectivity index (χ1v) is 8.20. The summed E-state index contributed by atoms with van der Waals surface area (Å²) in [6.45, 7) is 0.857. The van der Waals surface area contributed by atoms with E-state index in [-0.39, 0.29) is 24.4 Å². The van der Waals surface area contributed by atoms with Gasteiger partial charge in [-0.3, -0.25) is 14.2 Å². The number of carboxylic acid groups (broad SMARTS) is 1. The molecule has 3 rings (SSSR count). The summed E-state index contributed by atoms with van der Waals surface area (Å²) in [7, 11) is 0. The van der Waals surface area contributed by atoms with Gasteiger partial charge in [-0.1, -0.05) is 23.7 Å². The van der Waals surface area contributed by atoms with Gasteiger partial charge in [-0.05, 0) is 17.7 Å². The first-order chi connectivity index (χ1) is 12.5. The number of benzene rings is 1. The van der Waals surface area contributed by atoms with Gasteiger partial charge in [0.25, 0.3) is 0 Å². The molecule has 0 atom stereocenters. The van der Waals surface area contributed by atoms with Crippen molar-refractivity contribution >= 4 is 29.2 Å². The van der Waals surface area contributed by atoms with Crippen LogP contribution in [0.3, 0.4) is 0 Å². The summed E-state index contributed by atoms with van der Waals surface area (Å²) in [4.78, 5) is 22.8. The Balaban J connectivity index is 1.50. The molecule has 0 unspecified atom stereocenters. The third-order valence-corrected chi connectivity index (χ3v) is 3.87. The topological polar surface area (TPSA) is 102 Å². The lowest BCUT2D eigenvalue weighted by molar-refractivity contribution is -0.116. The zero-order valence-electron chi connectivity index (χ0n) is 13.7. The number of halogens is 1. The molecule has 0 saturated carbocycles. The molecule has 0 bridgehead atoms. The number of carboxylic acids is 1. The summed E-state index contributed by atoms with van der Waals surface area (Å²) < 4.78 is 3.14. The highest BCUT2D eigenvalue weighted by Crippen LogP contribution is 2.12. The van der Waals surface area contributed by atoms with Crippen LogP contribution in [0.1, 0.15) is 22.3 Å². The van der Waals surface area contributed by atoms with Crippen molar-refractivity contribution in [2.45, 2.75) is 19.5 Å². The maximum absolute atomic E-state index is 12.0. The molecule has 0 saturated heterocycles. The van der Waals surface area contributed by atoms with Gasteiger partial charge in [0.1, 0.15) is 0 Å². The Kier molecular flexibility index (Phi) is 5.33. The van der Waals surface area contributed by atoms with Gasteiger partial charge in [-0.15, -0.1) is 0 Å². The van der Waals surface area contributed by atoms with Gasteiger partial charge in [-0.2, -0.15) is 10.2 Å². The Morgan fingerprint density at radius 2 is 1.81 bits per heavy atom. The van der Waals surface area contributed by atoms with E-state index in [2.05, 4.69) is 15.5 Å². The molecule has 1 amide bonds. The SMILES string of the molecule is O=C(CCn1cc(C(=O)O)cn1)Nc1cnn(Cc2ccc(Cl)cc2)c1. The minimum Gasteiger partial charge on any atom is -0.478 e. The summed E-state index contributed by atoms with van der Waals surface area (Å²) in [5.74, 6) is -1.25. The Morgan fingerprint density at radius 3 is 2.50 bits per heavy atom. The number of anilines is 1. The largest absolute Gasteiger partial charge is 0.478 e. The van der Waals surface area contributed by atoms with Crippen molar-refractivity contribution in [2.24, 2.45) is 0 Å². The van der Waals surface area contributed by atoms with Crippen LogP contribution in [0, 0.1) is 0 Å². The van der Waals surface area contributed by atoms with E-state index in [9.17, 15) is 9.59 Å². The number of carbonyl (C=O) groups is 2. The third kappa shape index (κ3) is 4.70. The van der Waals surface area contributed by atoms with Gasteiger partial charge in [0, 0.05) is 30.4 Å². The Hall–Kier alpha value is -3.13. The average Bonchev–Trinajstić information content (AvgIpc) is 3.25. The highest BCUT2D eigenvalue weighted by molar-refractivity contribution is 6.30. The van der Waals surface area contributed by atoms with Crippen molar-refractivity contribution in [3.05, 3.63) is 65.2 Å². The molecule has 3 aromatic rings. The second kappa shape index (κ2) is 7.83. The number of amides is 1. The predicted octanol–water partition coefficient (Wildman–Crippen LogP) is 2.51. The fraction of sp³-hybridized carbons (Fsp3) is 0.176.